The minimum Gasteiger partial charge on any atom is -0.489 e. The number of amides is 1. The van der Waals surface area contributed by atoms with Gasteiger partial charge in [0.15, 0.2) is 6.61 Å². The average Bonchev–Trinajstić information content (AvgIpc) is 2.64. The van der Waals surface area contributed by atoms with E-state index in [0.717, 1.165) is 11.3 Å². The number of rotatable bonds is 9. The highest BCUT2D eigenvalue weighted by molar-refractivity contribution is 5.85. The van der Waals surface area contributed by atoms with Crippen LogP contribution in [0.4, 0.5) is 0 Å². The summed E-state index contributed by atoms with van der Waals surface area (Å²) in [6.07, 6.45) is 0. The molecule has 2 aromatic rings. The Labute approximate surface area is 154 Å². The van der Waals surface area contributed by atoms with Crippen LogP contribution in [-0.4, -0.2) is 25.6 Å². The number of nitrogens with one attached hydrogen (secondary N) is 1. The maximum atomic E-state index is 11.7. The summed E-state index contributed by atoms with van der Waals surface area (Å²) in [4.78, 5) is 11.7. The van der Waals surface area contributed by atoms with Gasteiger partial charge in [-0.05, 0) is 42.3 Å². The molecule has 2 aromatic carbocycles. The van der Waals surface area contributed by atoms with Gasteiger partial charge in [0.25, 0.3) is 5.91 Å². The summed E-state index contributed by atoms with van der Waals surface area (Å²) in [6.45, 7) is 3.59. The van der Waals surface area contributed by atoms with Gasteiger partial charge in [0, 0.05) is 6.54 Å². The summed E-state index contributed by atoms with van der Waals surface area (Å²) in [6, 6.07) is 17.2. The zero-order valence-electron chi connectivity index (χ0n) is 14.3. The van der Waals surface area contributed by atoms with Gasteiger partial charge in [-0.3, -0.25) is 4.79 Å². The van der Waals surface area contributed by atoms with Gasteiger partial charge in [-0.1, -0.05) is 37.3 Å². The summed E-state index contributed by atoms with van der Waals surface area (Å²) in [5.41, 5.74) is 6.62. The molecule has 0 radical (unpaired) electrons. The van der Waals surface area contributed by atoms with E-state index in [2.05, 4.69) is 5.32 Å². The molecule has 1 atom stereocenters. The van der Waals surface area contributed by atoms with Crippen molar-refractivity contribution < 1.29 is 14.3 Å². The maximum absolute atomic E-state index is 11.7. The van der Waals surface area contributed by atoms with Crippen molar-refractivity contribution in [3.05, 3.63) is 60.2 Å². The number of ether oxygens (including phenoxy) is 2. The van der Waals surface area contributed by atoms with Crippen LogP contribution in [0.3, 0.4) is 0 Å². The Hall–Kier alpha value is -2.24. The smallest absolute Gasteiger partial charge is 0.257 e. The molecule has 0 bridgehead atoms. The van der Waals surface area contributed by atoms with Crippen LogP contribution in [0, 0.1) is 5.92 Å². The summed E-state index contributed by atoms with van der Waals surface area (Å²) in [5.74, 6) is 1.49. The lowest BCUT2D eigenvalue weighted by Crippen LogP contribution is -2.34. The van der Waals surface area contributed by atoms with Gasteiger partial charge in [0.1, 0.15) is 18.1 Å². The third-order valence-corrected chi connectivity index (χ3v) is 3.49. The standard InChI is InChI=1S/C19H24N2O3.ClH/c1-15(11-20)12-21-19(22)14-24-18-9-7-17(8-10-18)23-13-16-5-3-2-4-6-16;/h2-10,15H,11-14,20H2,1H3,(H,21,22);1H. The summed E-state index contributed by atoms with van der Waals surface area (Å²) >= 11 is 0. The van der Waals surface area contributed by atoms with E-state index in [-0.39, 0.29) is 30.8 Å². The van der Waals surface area contributed by atoms with Gasteiger partial charge in [-0.2, -0.15) is 0 Å². The number of carbonyl (C=O) groups excluding carboxylic acids is 1. The fourth-order valence-electron chi connectivity index (χ4n) is 1.94. The Morgan fingerprint density at radius 3 is 2.24 bits per heavy atom. The largest absolute Gasteiger partial charge is 0.489 e. The van der Waals surface area contributed by atoms with E-state index in [1.165, 1.54) is 0 Å². The number of carbonyl (C=O) groups is 1. The molecule has 3 N–H and O–H groups in total. The highest BCUT2D eigenvalue weighted by Crippen LogP contribution is 2.18. The molecule has 5 nitrogen and oxygen atoms in total. The van der Waals surface area contributed by atoms with E-state index in [1.807, 2.05) is 49.4 Å². The van der Waals surface area contributed by atoms with Gasteiger partial charge in [0.05, 0.1) is 0 Å². The van der Waals surface area contributed by atoms with E-state index in [4.69, 9.17) is 15.2 Å². The highest BCUT2D eigenvalue weighted by atomic mass is 35.5. The fourth-order valence-corrected chi connectivity index (χ4v) is 1.94. The number of hydrogen-bond donors (Lipinski definition) is 2. The highest BCUT2D eigenvalue weighted by Gasteiger charge is 2.05. The normalized spacial score (nSPS) is 11.1. The van der Waals surface area contributed by atoms with Crippen LogP contribution in [0.25, 0.3) is 0 Å². The Balaban J connectivity index is 0.00000312. The second-order valence-corrected chi connectivity index (χ2v) is 5.68. The predicted molar refractivity (Wildman–Crippen MR) is 101 cm³/mol. The zero-order chi connectivity index (χ0) is 17.2. The number of hydrogen-bond acceptors (Lipinski definition) is 4. The van der Waals surface area contributed by atoms with Crippen molar-refractivity contribution in [3.8, 4) is 11.5 Å². The quantitative estimate of drug-likeness (QED) is 0.717. The van der Waals surface area contributed by atoms with Crippen LogP contribution in [0.2, 0.25) is 0 Å². The maximum Gasteiger partial charge on any atom is 0.257 e. The van der Waals surface area contributed by atoms with Gasteiger partial charge >= 0.3 is 0 Å². The SMILES string of the molecule is CC(CN)CNC(=O)COc1ccc(OCc2ccccc2)cc1.Cl. The van der Waals surface area contributed by atoms with Crippen LogP contribution >= 0.6 is 12.4 Å². The van der Waals surface area contributed by atoms with E-state index in [9.17, 15) is 4.79 Å². The molecule has 0 aliphatic rings. The van der Waals surface area contributed by atoms with Gasteiger partial charge < -0.3 is 20.5 Å². The van der Waals surface area contributed by atoms with Crippen LogP contribution in [-0.2, 0) is 11.4 Å². The Morgan fingerprint density at radius 2 is 1.64 bits per heavy atom. The second kappa shape index (κ2) is 11.3. The van der Waals surface area contributed by atoms with Crippen molar-refractivity contribution in [2.45, 2.75) is 13.5 Å². The first-order valence-electron chi connectivity index (χ1n) is 8.03. The lowest BCUT2D eigenvalue weighted by atomic mass is 10.2. The minimum absolute atomic E-state index is 0. The molecule has 0 saturated heterocycles. The lowest BCUT2D eigenvalue weighted by molar-refractivity contribution is -0.123. The lowest BCUT2D eigenvalue weighted by Gasteiger charge is -2.11. The summed E-state index contributed by atoms with van der Waals surface area (Å²) in [7, 11) is 0. The molecule has 136 valence electrons. The molecular formula is C19H25ClN2O3. The number of benzene rings is 2. The van der Waals surface area contributed by atoms with Crippen molar-refractivity contribution in [1.82, 2.24) is 5.32 Å². The van der Waals surface area contributed by atoms with Crippen LogP contribution in [0.5, 0.6) is 11.5 Å². The first kappa shape index (κ1) is 20.8. The fraction of sp³-hybridized carbons (Fsp3) is 0.316. The van der Waals surface area contributed by atoms with Crippen molar-refractivity contribution in [2.24, 2.45) is 11.7 Å². The van der Waals surface area contributed by atoms with Crippen molar-refractivity contribution >= 4 is 18.3 Å². The Morgan fingerprint density at radius 1 is 1.04 bits per heavy atom. The molecule has 2 rings (SSSR count). The molecule has 0 aliphatic carbocycles. The molecule has 0 aromatic heterocycles. The topological polar surface area (TPSA) is 73.6 Å². The molecular weight excluding hydrogens is 340 g/mol. The van der Waals surface area contributed by atoms with Crippen molar-refractivity contribution in [2.75, 3.05) is 19.7 Å². The zero-order valence-corrected chi connectivity index (χ0v) is 15.1. The molecule has 0 fully saturated rings. The van der Waals surface area contributed by atoms with Crippen molar-refractivity contribution in [1.29, 1.82) is 0 Å². The van der Waals surface area contributed by atoms with E-state index in [0.29, 0.717) is 25.4 Å². The molecule has 1 amide bonds. The van der Waals surface area contributed by atoms with Gasteiger partial charge in [0.2, 0.25) is 0 Å². The van der Waals surface area contributed by atoms with Gasteiger partial charge in [-0.25, -0.2) is 0 Å². The third kappa shape index (κ3) is 7.92. The molecule has 0 spiro atoms. The van der Waals surface area contributed by atoms with Crippen LogP contribution in [0.15, 0.2) is 54.6 Å². The molecule has 6 heteroatoms. The second-order valence-electron chi connectivity index (χ2n) is 5.68. The van der Waals surface area contributed by atoms with E-state index >= 15 is 0 Å². The van der Waals surface area contributed by atoms with E-state index < -0.39 is 0 Å². The monoisotopic (exact) mass is 364 g/mol. The minimum atomic E-state index is -0.153. The molecule has 25 heavy (non-hydrogen) atoms. The van der Waals surface area contributed by atoms with Crippen molar-refractivity contribution in [3.63, 3.8) is 0 Å². The van der Waals surface area contributed by atoms with Crippen LogP contribution < -0.4 is 20.5 Å². The Bertz CT molecular complexity index is 620. The van der Waals surface area contributed by atoms with Gasteiger partial charge in [-0.15, -0.1) is 12.4 Å². The average molecular weight is 365 g/mol. The predicted octanol–water partition coefficient (Wildman–Crippen LogP) is 2.78. The summed E-state index contributed by atoms with van der Waals surface area (Å²) < 4.78 is 11.2. The first-order valence-corrected chi connectivity index (χ1v) is 8.03. The van der Waals surface area contributed by atoms with Crippen LogP contribution in [0.1, 0.15) is 12.5 Å². The molecule has 0 saturated carbocycles. The third-order valence-electron chi connectivity index (χ3n) is 3.49. The molecule has 1 unspecified atom stereocenters. The first-order chi connectivity index (χ1) is 11.7. The van der Waals surface area contributed by atoms with E-state index in [1.54, 1.807) is 12.1 Å². The summed E-state index contributed by atoms with van der Waals surface area (Å²) in [5, 5.41) is 2.78. The number of nitrogens with two attached hydrogens (primary N) is 1. The number of halogens is 1. The molecule has 0 heterocycles. The molecule has 0 aliphatic heterocycles. The Kier molecular flexibility index (Phi) is 9.43.